The zero-order valence-electron chi connectivity index (χ0n) is 19.5. The molecule has 0 saturated carbocycles. The van der Waals surface area contributed by atoms with Gasteiger partial charge in [-0.1, -0.05) is 13.3 Å². The third kappa shape index (κ3) is 7.42. The first-order valence-electron chi connectivity index (χ1n) is 11.2. The van der Waals surface area contributed by atoms with Crippen molar-refractivity contribution in [2.45, 2.75) is 25.9 Å². The van der Waals surface area contributed by atoms with Crippen molar-refractivity contribution in [3.05, 3.63) is 65.9 Å². The summed E-state index contributed by atoms with van der Waals surface area (Å²) in [5.41, 5.74) is 5.12. The van der Waals surface area contributed by atoms with Gasteiger partial charge < -0.3 is 20.1 Å². The number of hydrogen-bond donors (Lipinski definition) is 1. The van der Waals surface area contributed by atoms with Crippen molar-refractivity contribution >= 4 is 12.3 Å². The van der Waals surface area contributed by atoms with Gasteiger partial charge in [0.2, 0.25) is 12.3 Å². The highest BCUT2D eigenvalue weighted by Crippen LogP contribution is 2.32. The zero-order chi connectivity index (χ0) is 26.1. The van der Waals surface area contributed by atoms with Crippen LogP contribution in [0.4, 0.5) is 13.2 Å². The van der Waals surface area contributed by atoms with Gasteiger partial charge in [0.15, 0.2) is 5.82 Å². The molecule has 0 unspecified atom stereocenters. The fraction of sp³-hybridized carbons (Fsp3) is 0.280. The summed E-state index contributed by atoms with van der Waals surface area (Å²) in [5.74, 6) is 0.160. The molecule has 0 atom stereocenters. The molecule has 190 valence electrons. The summed E-state index contributed by atoms with van der Waals surface area (Å²) in [6, 6.07) is 12.1. The third-order valence-electron chi connectivity index (χ3n) is 5.06. The first-order valence-corrected chi connectivity index (χ1v) is 11.2. The number of primary amides is 1. The van der Waals surface area contributed by atoms with Crippen LogP contribution in [0.25, 0.3) is 11.4 Å². The lowest BCUT2D eigenvalue weighted by atomic mass is 10.2. The number of nitrogens with zero attached hydrogens (tertiary/aromatic N) is 3. The van der Waals surface area contributed by atoms with Gasteiger partial charge in [0.25, 0.3) is 5.91 Å². The summed E-state index contributed by atoms with van der Waals surface area (Å²) >= 11 is 0. The Morgan fingerprint density at radius 2 is 1.67 bits per heavy atom. The van der Waals surface area contributed by atoms with Crippen molar-refractivity contribution in [3.63, 3.8) is 0 Å². The lowest BCUT2D eigenvalue weighted by molar-refractivity contribution is -0.137. The minimum Gasteiger partial charge on any atom is -0.476 e. The van der Waals surface area contributed by atoms with E-state index in [1.807, 2.05) is 6.92 Å². The Balaban J connectivity index is 1.71. The summed E-state index contributed by atoms with van der Waals surface area (Å²) in [7, 11) is 0. The molecule has 1 heterocycles. The van der Waals surface area contributed by atoms with Gasteiger partial charge >= 0.3 is 6.18 Å². The van der Waals surface area contributed by atoms with E-state index in [4.69, 9.17) is 15.2 Å². The van der Waals surface area contributed by atoms with Crippen molar-refractivity contribution in [1.29, 1.82) is 0 Å². The molecule has 0 spiro atoms. The van der Waals surface area contributed by atoms with E-state index >= 15 is 0 Å². The highest BCUT2D eigenvalue weighted by molar-refractivity contribution is 5.91. The van der Waals surface area contributed by atoms with Crippen LogP contribution in [-0.2, 0) is 11.0 Å². The summed E-state index contributed by atoms with van der Waals surface area (Å²) in [4.78, 5) is 33.0. The molecule has 0 fully saturated rings. The van der Waals surface area contributed by atoms with E-state index in [9.17, 15) is 22.8 Å². The van der Waals surface area contributed by atoms with Crippen molar-refractivity contribution in [3.8, 4) is 28.8 Å². The number of rotatable bonds is 12. The second-order valence-corrected chi connectivity index (χ2v) is 7.77. The van der Waals surface area contributed by atoms with Gasteiger partial charge in [0, 0.05) is 18.2 Å². The Labute approximate surface area is 205 Å². The van der Waals surface area contributed by atoms with Crippen LogP contribution in [0.15, 0.2) is 54.6 Å². The summed E-state index contributed by atoms with van der Waals surface area (Å²) in [6.45, 7) is 3.16. The Kier molecular flexibility index (Phi) is 8.82. The van der Waals surface area contributed by atoms with Gasteiger partial charge in [-0.2, -0.15) is 18.2 Å². The molecule has 2 aromatic carbocycles. The number of carbonyl (C=O) groups is 2. The number of aromatic nitrogens is 2. The fourth-order valence-corrected chi connectivity index (χ4v) is 3.12. The van der Waals surface area contributed by atoms with E-state index in [2.05, 4.69) is 9.97 Å². The fourth-order valence-electron chi connectivity index (χ4n) is 3.12. The van der Waals surface area contributed by atoms with Crippen LogP contribution in [0.2, 0.25) is 0 Å². The molecular formula is C25H25F3N4O4. The molecule has 3 rings (SSSR count). The van der Waals surface area contributed by atoms with E-state index < -0.39 is 17.6 Å². The van der Waals surface area contributed by atoms with Gasteiger partial charge in [-0.05, 0) is 55.0 Å². The Morgan fingerprint density at radius 3 is 2.22 bits per heavy atom. The minimum absolute atomic E-state index is 0.0432. The van der Waals surface area contributed by atoms with Crippen LogP contribution in [-0.4, -0.2) is 46.9 Å². The predicted octanol–water partition coefficient (Wildman–Crippen LogP) is 4.69. The van der Waals surface area contributed by atoms with Crippen LogP contribution in [0, 0.1) is 0 Å². The zero-order valence-corrected chi connectivity index (χ0v) is 19.5. The number of unbranched alkanes of at least 4 members (excludes halogenated alkanes) is 1. The van der Waals surface area contributed by atoms with E-state index in [0.717, 1.165) is 31.4 Å². The number of hydrogen-bond acceptors (Lipinski definition) is 6. The molecule has 36 heavy (non-hydrogen) atoms. The normalized spacial score (nSPS) is 11.1. The van der Waals surface area contributed by atoms with Crippen LogP contribution in [0.3, 0.4) is 0 Å². The molecule has 0 radical (unpaired) electrons. The maximum absolute atomic E-state index is 12.7. The van der Waals surface area contributed by atoms with Crippen LogP contribution < -0.4 is 15.2 Å². The smallest absolute Gasteiger partial charge is 0.416 e. The van der Waals surface area contributed by atoms with Crippen molar-refractivity contribution in [2.24, 2.45) is 5.73 Å². The van der Waals surface area contributed by atoms with E-state index in [1.165, 1.54) is 18.2 Å². The van der Waals surface area contributed by atoms with Gasteiger partial charge in [0.1, 0.15) is 23.8 Å². The predicted molar refractivity (Wildman–Crippen MR) is 126 cm³/mol. The second-order valence-electron chi connectivity index (χ2n) is 7.77. The Hall–Kier alpha value is -4.15. The molecule has 11 heteroatoms. The third-order valence-corrected chi connectivity index (χ3v) is 5.06. The molecule has 0 aliphatic heterocycles. The molecule has 0 saturated heterocycles. The molecular weight excluding hydrogens is 477 g/mol. The first-order chi connectivity index (χ1) is 17.2. The number of ether oxygens (including phenoxy) is 2. The molecule has 2 amide bonds. The number of carbonyl (C=O) groups excluding carboxylic acids is 2. The quantitative estimate of drug-likeness (QED) is 0.360. The SMILES string of the molecule is CCCCN(C=O)CCOc1cc(C(N)=O)nc(-c2ccc(Oc3ccc(C(F)(F)F)cc3)cc2)n1. The van der Waals surface area contributed by atoms with E-state index in [-0.39, 0.29) is 29.8 Å². The lowest BCUT2D eigenvalue weighted by Crippen LogP contribution is -2.28. The number of alkyl halides is 3. The molecule has 3 aromatic rings. The van der Waals surface area contributed by atoms with Crippen LogP contribution in [0.5, 0.6) is 17.4 Å². The first kappa shape index (κ1) is 26.5. The molecule has 8 nitrogen and oxygen atoms in total. The van der Waals surface area contributed by atoms with Crippen molar-refractivity contribution in [1.82, 2.24) is 14.9 Å². The van der Waals surface area contributed by atoms with Gasteiger partial charge in [-0.25, -0.2) is 4.98 Å². The standard InChI is InChI=1S/C25H25F3N4O4/c1-2-3-12-32(16-33)13-14-35-22-15-21(23(29)34)30-24(31-22)17-4-8-19(9-5-17)36-20-10-6-18(7-11-20)25(26,27)28/h4-11,15-16H,2-3,12-14H2,1H3,(H2,29,34). The van der Waals surface area contributed by atoms with Crippen molar-refractivity contribution < 1.29 is 32.2 Å². The lowest BCUT2D eigenvalue weighted by Gasteiger charge is -2.17. The number of halogens is 3. The van der Waals surface area contributed by atoms with Crippen molar-refractivity contribution in [2.75, 3.05) is 19.7 Å². The van der Waals surface area contributed by atoms with Gasteiger partial charge in [0.05, 0.1) is 12.1 Å². The minimum atomic E-state index is -4.43. The maximum atomic E-state index is 12.7. The highest BCUT2D eigenvalue weighted by atomic mass is 19.4. The summed E-state index contributed by atoms with van der Waals surface area (Å²) in [5, 5.41) is 0. The number of benzene rings is 2. The van der Waals surface area contributed by atoms with Gasteiger partial charge in [-0.15, -0.1) is 0 Å². The van der Waals surface area contributed by atoms with Crippen LogP contribution in [0.1, 0.15) is 35.8 Å². The topological polar surface area (TPSA) is 108 Å². The number of nitrogens with two attached hydrogens (primary N) is 1. The summed E-state index contributed by atoms with van der Waals surface area (Å²) < 4.78 is 49.4. The Bertz CT molecular complexity index is 1170. The average Bonchev–Trinajstić information content (AvgIpc) is 2.86. The molecule has 0 bridgehead atoms. The maximum Gasteiger partial charge on any atom is 0.416 e. The van der Waals surface area contributed by atoms with E-state index in [0.29, 0.717) is 24.4 Å². The average molecular weight is 502 g/mol. The molecule has 0 aliphatic rings. The van der Waals surface area contributed by atoms with Crippen LogP contribution >= 0.6 is 0 Å². The number of amides is 2. The summed E-state index contributed by atoms with van der Waals surface area (Å²) in [6.07, 6.45) is -1.84. The van der Waals surface area contributed by atoms with E-state index in [1.54, 1.807) is 29.2 Å². The molecule has 1 aromatic heterocycles. The molecule has 2 N–H and O–H groups in total. The molecule has 0 aliphatic carbocycles. The monoisotopic (exact) mass is 502 g/mol. The highest BCUT2D eigenvalue weighted by Gasteiger charge is 2.30. The Morgan fingerprint density at radius 1 is 1.03 bits per heavy atom. The largest absolute Gasteiger partial charge is 0.476 e. The van der Waals surface area contributed by atoms with Gasteiger partial charge in [-0.3, -0.25) is 9.59 Å². The second kappa shape index (κ2) is 12.0.